The molecule has 3 rings (SSSR count). The van der Waals surface area contributed by atoms with E-state index < -0.39 is 0 Å². The molecule has 0 saturated carbocycles. The summed E-state index contributed by atoms with van der Waals surface area (Å²) in [7, 11) is 0. The summed E-state index contributed by atoms with van der Waals surface area (Å²) in [6.45, 7) is 2.22. The van der Waals surface area contributed by atoms with E-state index in [1.807, 2.05) is 11.1 Å². The van der Waals surface area contributed by atoms with Crippen LogP contribution in [0.4, 0.5) is 0 Å². The number of H-pyrrole nitrogens is 1. The van der Waals surface area contributed by atoms with Crippen molar-refractivity contribution >= 4 is 16.8 Å². The number of nitrogens with two attached hydrogens (primary N) is 1. The van der Waals surface area contributed by atoms with E-state index in [4.69, 9.17) is 5.73 Å². The van der Waals surface area contributed by atoms with E-state index >= 15 is 0 Å². The van der Waals surface area contributed by atoms with Gasteiger partial charge < -0.3 is 15.6 Å². The highest BCUT2D eigenvalue weighted by Crippen LogP contribution is 2.20. The van der Waals surface area contributed by atoms with Crippen LogP contribution in [0, 0.1) is 5.92 Å². The van der Waals surface area contributed by atoms with E-state index in [1.165, 1.54) is 10.9 Å². The molecule has 2 aromatic rings. The number of hydrogen-bond donors (Lipinski definition) is 2. The fourth-order valence-corrected chi connectivity index (χ4v) is 2.85. The molecule has 2 heterocycles. The highest BCUT2D eigenvalue weighted by atomic mass is 16.2. The topological polar surface area (TPSA) is 62.1 Å². The Labute approximate surface area is 112 Å². The number of carbonyl (C=O) groups excluding carboxylic acids is 1. The second-order valence-electron chi connectivity index (χ2n) is 5.25. The highest BCUT2D eigenvalue weighted by Gasteiger charge is 2.27. The van der Waals surface area contributed by atoms with Crippen LogP contribution in [-0.4, -0.2) is 35.4 Å². The Bertz CT molecular complexity index is 590. The zero-order chi connectivity index (χ0) is 13.2. The van der Waals surface area contributed by atoms with Gasteiger partial charge in [0.25, 0.3) is 0 Å². The number of aromatic amines is 1. The minimum Gasteiger partial charge on any atom is -0.361 e. The van der Waals surface area contributed by atoms with Crippen LogP contribution in [0.2, 0.25) is 0 Å². The molecule has 4 heteroatoms. The second kappa shape index (κ2) is 5.05. The maximum atomic E-state index is 11.8. The molecular weight excluding hydrogens is 238 g/mol. The molecule has 3 N–H and O–H groups in total. The minimum atomic E-state index is 0.247. The molecule has 0 bridgehead atoms. The maximum Gasteiger partial charge on any atom is 0.222 e. The number of hydrogen-bond acceptors (Lipinski definition) is 2. The third-order valence-corrected chi connectivity index (χ3v) is 3.96. The third-order valence-electron chi connectivity index (χ3n) is 3.96. The van der Waals surface area contributed by atoms with Gasteiger partial charge in [-0.05, 0) is 36.6 Å². The van der Waals surface area contributed by atoms with Crippen LogP contribution >= 0.6 is 0 Å². The molecule has 1 unspecified atom stereocenters. The van der Waals surface area contributed by atoms with E-state index in [-0.39, 0.29) is 5.91 Å². The molecule has 19 heavy (non-hydrogen) atoms. The molecule has 1 aromatic carbocycles. The Morgan fingerprint density at radius 1 is 1.37 bits per heavy atom. The van der Waals surface area contributed by atoms with Crippen molar-refractivity contribution in [3.8, 4) is 0 Å². The van der Waals surface area contributed by atoms with Crippen molar-refractivity contribution in [2.75, 3.05) is 19.6 Å². The summed E-state index contributed by atoms with van der Waals surface area (Å²) in [5.41, 5.74) is 8.09. The van der Waals surface area contributed by atoms with Crippen LogP contribution < -0.4 is 5.73 Å². The molecular formula is C15H19N3O. The summed E-state index contributed by atoms with van der Waals surface area (Å²) in [5, 5.41) is 1.25. The Kier molecular flexibility index (Phi) is 3.25. The normalized spacial score (nSPS) is 19.5. The molecule has 1 saturated heterocycles. The number of benzene rings is 1. The molecule has 0 aliphatic carbocycles. The lowest BCUT2D eigenvalue weighted by molar-refractivity contribution is -0.127. The largest absolute Gasteiger partial charge is 0.361 e. The first-order valence-electron chi connectivity index (χ1n) is 6.80. The van der Waals surface area contributed by atoms with E-state index in [0.717, 1.165) is 25.0 Å². The number of amides is 1. The number of carbonyl (C=O) groups is 1. The van der Waals surface area contributed by atoms with Gasteiger partial charge in [-0.15, -0.1) is 0 Å². The Balaban J connectivity index is 1.69. The first kappa shape index (κ1) is 12.2. The zero-order valence-electron chi connectivity index (χ0n) is 10.9. The predicted octanol–water partition coefficient (Wildman–Crippen LogP) is 1.52. The van der Waals surface area contributed by atoms with Gasteiger partial charge in [-0.1, -0.05) is 12.1 Å². The van der Waals surface area contributed by atoms with Crippen molar-refractivity contribution in [2.24, 2.45) is 11.7 Å². The Morgan fingerprint density at radius 3 is 3.05 bits per heavy atom. The molecule has 0 spiro atoms. The monoisotopic (exact) mass is 257 g/mol. The van der Waals surface area contributed by atoms with Crippen LogP contribution in [0.1, 0.15) is 12.0 Å². The van der Waals surface area contributed by atoms with Gasteiger partial charge in [-0.25, -0.2) is 0 Å². The molecule has 1 aromatic heterocycles. The van der Waals surface area contributed by atoms with Gasteiger partial charge in [0.2, 0.25) is 5.91 Å². The average molecular weight is 257 g/mol. The van der Waals surface area contributed by atoms with Gasteiger partial charge in [-0.3, -0.25) is 4.79 Å². The predicted molar refractivity (Wildman–Crippen MR) is 75.7 cm³/mol. The van der Waals surface area contributed by atoms with E-state index in [2.05, 4.69) is 29.2 Å². The smallest absolute Gasteiger partial charge is 0.222 e. The standard InChI is InChI=1S/C15H19N3O/c16-9-11-8-15(19)18(10-11)7-5-12-2-1-3-14-13(12)4-6-17-14/h1-4,6,11,17H,5,7-10,16H2. The quantitative estimate of drug-likeness (QED) is 0.872. The van der Waals surface area contributed by atoms with Gasteiger partial charge in [0.15, 0.2) is 0 Å². The first-order chi connectivity index (χ1) is 9.28. The summed E-state index contributed by atoms with van der Waals surface area (Å²) in [5.74, 6) is 0.590. The molecule has 4 nitrogen and oxygen atoms in total. The minimum absolute atomic E-state index is 0.247. The van der Waals surface area contributed by atoms with Crippen LogP contribution in [0.3, 0.4) is 0 Å². The third kappa shape index (κ3) is 2.36. The lowest BCUT2D eigenvalue weighted by Gasteiger charge is -2.16. The van der Waals surface area contributed by atoms with Gasteiger partial charge in [0.1, 0.15) is 0 Å². The first-order valence-corrected chi connectivity index (χ1v) is 6.80. The number of rotatable bonds is 4. The molecule has 0 radical (unpaired) electrons. The van der Waals surface area contributed by atoms with Crippen LogP contribution in [-0.2, 0) is 11.2 Å². The summed E-state index contributed by atoms with van der Waals surface area (Å²) in [6, 6.07) is 8.36. The average Bonchev–Trinajstić information content (AvgIpc) is 3.02. The van der Waals surface area contributed by atoms with Crippen molar-refractivity contribution in [2.45, 2.75) is 12.8 Å². The van der Waals surface area contributed by atoms with E-state index in [9.17, 15) is 4.79 Å². The van der Waals surface area contributed by atoms with Crippen molar-refractivity contribution in [3.05, 3.63) is 36.0 Å². The number of aromatic nitrogens is 1. The summed E-state index contributed by atoms with van der Waals surface area (Å²) >= 11 is 0. The van der Waals surface area contributed by atoms with Gasteiger partial charge in [0.05, 0.1) is 0 Å². The summed E-state index contributed by atoms with van der Waals surface area (Å²) in [4.78, 5) is 17.0. The number of fused-ring (bicyclic) bond motifs is 1. The lowest BCUT2D eigenvalue weighted by atomic mass is 10.1. The molecule has 1 amide bonds. The van der Waals surface area contributed by atoms with Crippen molar-refractivity contribution in [1.82, 2.24) is 9.88 Å². The van der Waals surface area contributed by atoms with Crippen LogP contribution in [0.5, 0.6) is 0 Å². The molecule has 1 aliphatic heterocycles. The maximum absolute atomic E-state index is 11.8. The number of nitrogens with one attached hydrogen (secondary N) is 1. The van der Waals surface area contributed by atoms with Crippen LogP contribution in [0.15, 0.2) is 30.5 Å². The van der Waals surface area contributed by atoms with Gasteiger partial charge >= 0.3 is 0 Å². The lowest BCUT2D eigenvalue weighted by Crippen LogP contribution is -2.28. The number of nitrogens with zero attached hydrogens (tertiary/aromatic N) is 1. The van der Waals surface area contributed by atoms with Crippen LogP contribution in [0.25, 0.3) is 10.9 Å². The zero-order valence-corrected chi connectivity index (χ0v) is 10.9. The Hall–Kier alpha value is -1.81. The van der Waals surface area contributed by atoms with E-state index in [1.54, 1.807) is 0 Å². The fraction of sp³-hybridized carbons (Fsp3) is 0.400. The molecule has 100 valence electrons. The van der Waals surface area contributed by atoms with Crippen molar-refractivity contribution in [3.63, 3.8) is 0 Å². The summed E-state index contributed by atoms with van der Waals surface area (Å²) < 4.78 is 0. The van der Waals surface area contributed by atoms with Gasteiger partial charge in [0, 0.05) is 36.6 Å². The summed E-state index contributed by atoms with van der Waals surface area (Å²) in [6.07, 6.45) is 3.47. The SMILES string of the molecule is NCC1CC(=O)N(CCc2cccc3[nH]ccc23)C1. The fourth-order valence-electron chi connectivity index (χ4n) is 2.85. The molecule has 1 atom stereocenters. The second-order valence-corrected chi connectivity index (χ2v) is 5.25. The number of likely N-dealkylation sites (tertiary alicyclic amines) is 1. The Morgan fingerprint density at radius 2 is 2.26 bits per heavy atom. The molecule has 1 fully saturated rings. The van der Waals surface area contributed by atoms with Crippen molar-refractivity contribution < 1.29 is 4.79 Å². The van der Waals surface area contributed by atoms with Gasteiger partial charge in [-0.2, -0.15) is 0 Å². The van der Waals surface area contributed by atoms with E-state index in [0.29, 0.717) is 18.9 Å². The molecule has 1 aliphatic rings. The highest BCUT2D eigenvalue weighted by molar-refractivity contribution is 5.83. The van der Waals surface area contributed by atoms with Crippen molar-refractivity contribution in [1.29, 1.82) is 0 Å².